The number of hydrogen-bond donors (Lipinski definition) is 0. The van der Waals surface area contributed by atoms with Gasteiger partial charge in [0.1, 0.15) is 5.75 Å². The lowest BCUT2D eigenvalue weighted by Gasteiger charge is -2.11. The molecule has 0 fully saturated rings. The van der Waals surface area contributed by atoms with Crippen LogP contribution >= 0.6 is 15.9 Å². The van der Waals surface area contributed by atoms with Crippen molar-refractivity contribution in [1.29, 1.82) is 0 Å². The van der Waals surface area contributed by atoms with Crippen molar-refractivity contribution in [2.45, 2.75) is 47.0 Å². The van der Waals surface area contributed by atoms with E-state index in [0.717, 1.165) is 27.8 Å². The molecule has 0 atom stereocenters. The summed E-state index contributed by atoms with van der Waals surface area (Å²) in [7, 11) is 0. The number of carbonyl (C=O) groups excluding carboxylic acids is 1. The van der Waals surface area contributed by atoms with Crippen molar-refractivity contribution in [3.8, 4) is 5.75 Å². The van der Waals surface area contributed by atoms with E-state index in [4.69, 9.17) is 4.74 Å². The van der Waals surface area contributed by atoms with Gasteiger partial charge < -0.3 is 4.74 Å². The van der Waals surface area contributed by atoms with Crippen LogP contribution in [0, 0.1) is 13.8 Å². The first-order valence-corrected chi connectivity index (χ1v) is 8.65. The maximum atomic E-state index is 12.4. The second-order valence-electron chi connectivity index (χ2n) is 5.94. The first-order valence-electron chi connectivity index (χ1n) is 7.85. The lowest BCUT2D eigenvalue weighted by molar-refractivity contribution is 0.0817. The van der Waals surface area contributed by atoms with E-state index in [9.17, 15) is 4.79 Å². The molecule has 5 heteroatoms. The molecule has 1 heterocycles. The van der Waals surface area contributed by atoms with Gasteiger partial charge in [0.05, 0.1) is 10.2 Å². The third-order valence-corrected chi connectivity index (χ3v) is 4.62. The molecular weight excluding hydrogens is 356 g/mol. The van der Waals surface area contributed by atoms with Crippen molar-refractivity contribution in [2.75, 3.05) is 6.61 Å². The molecule has 0 radical (unpaired) electrons. The van der Waals surface area contributed by atoms with Gasteiger partial charge in [-0.05, 0) is 65.4 Å². The van der Waals surface area contributed by atoms with E-state index < -0.39 is 0 Å². The summed E-state index contributed by atoms with van der Waals surface area (Å²) >= 11 is 3.50. The van der Waals surface area contributed by atoms with Gasteiger partial charge in [-0.1, -0.05) is 26.8 Å². The van der Waals surface area contributed by atoms with Gasteiger partial charge in [0.2, 0.25) is 0 Å². The molecule has 0 saturated heterocycles. The monoisotopic (exact) mass is 378 g/mol. The average molecular weight is 379 g/mol. The zero-order valence-corrected chi connectivity index (χ0v) is 15.9. The molecule has 0 bridgehead atoms. The Balaban J connectivity index is 2.11. The molecule has 0 amide bonds. The molecule has 0 N–H and O–H groups in total. The van der Waals surface area contributed by atoms with Crippen molar-refractivity contribution >= 4 is 21.8 Å². The fraction of sp³-hybridized carbons (Fsp3) is 0.444. The van der Waals surface area contributed by atoms with E-state index in [1.165, 1.54) is 10.2 Å². The fourth-order valence-electron chi connectivity index (χ4n) is 2.62. The van der Waals surface area contributed by atoms with E-state index >= 15 is 0 Å². The second kappa shape index (κ2) is 7.30. The Morgan fingerprint density at radius 2 is 2.04 bits per heavy atom. The molecule has 0 saturated carbocycles. The first-order chi connectivity index (χ1) is 10.8. The molecule has 4 nitrogen and oxygen atoms in total. The van der Waals surface area contributed by atoms with Gasteiger partial charge in [0.25, 0.3) is 5.91 Å². The van der Waals surface area contributed by atoms with Crippen LogP contribution in [0.15, 0.2) is 22.7 Å². The number of aromatic nitrogens is 2. The minimum Gasteiger partial charge on any atom is -0.483 e. The molecule has 0 aliphatic carbocycles. The predicted octanol–water partition coefficient (Wildman–Crippen LogP) is 4.67. The number of aryl methyl sites for hydroxylation is 1. The topological polar surface area (TPSA) is 44.1 Å². The number of hydrogen-bond acceptors (Lipinski definition) is 3. The molecule has 2 rings (SSSR count). The summed E-state index contributed by atoms with van der Waals surface area (Å²) in [5, 5.41) is 4.33. The van der Waals surface area contributed by atoms with Gasteiger partial charge in [-0.2, -0.15) is 5.10 Å². The molecule has 1 aromatic heterocycles. The van der Waals surface area contributed by atoms with Gasteiger partial charge in [0.15, 0.2) is 6.61 Å². The highest BCUT2D eigenvalue weighted by Gasteiger charge is 2.16. The molecule has 0 aliphatic rings. The number of benzene rings is 1. The minimum atomic E-state index is -0.162. The minimum absolute atomic E-state index is 0.0370. The lowest BCUT2D eigenvalue weighted by Crippen LogP contribution is -2.22. The predicted molar refractivity (Wildman–Crippen MR) is 95.4 cm³/mol. The zero-order chi connectivity index (χ0) is 17.1. The normalized spacial score (nSPS) is 11.1. The van der Waals surface area contributed by atoms with E-state index in [-0.39, 0.29) is 12.5 Å². The largest absolute Gasteiger partial charge is 0.483 e. The summed E-state index contributed by atoms with van der Waals surface area (Å²) in [5.74, 6) is 0.953. The van der Waals surface area contributed by atoms with Crippen LogP contribution in [0.3, 0.4) is 0 Å². The van der Waals surface area contributed by atoms with Crippen LogP contribution in [0.4, 0.5) is 0 Å². The van der Waals surface area contributed by atoms with Crippen LogP contribution in [0.1, 0.15) is 54.0 Å². The van der Waals surface area contributed by atoms with Crippen molar-refractivity contribution in [3.63, 3.8) is 0 Å². The molecule has 0 unspecified atom stereocenters. The number of nitrogens with zero attached hydrogens (tertiary/aromatic N) is 2. The van der Waals surface area contributed by atoms with Gasteiger partial charge in [-0.15, -0.1) is 0 Å². The smallest absolute Gasteiger partial charge is 0.284 e. The Morgan fingerprint density at radius 1 is 1.35 bits per heavy atom. The molecule has 0 aliphatic heterocycles. The third-order valence-electron chi connectivity index (χ3n) is 4.00. The van der Waals surface area contributed by atoms with Crippen LogP contribution in [-0.4, -0.2) is 22.3 Å². The van der Waals surface area contributed by atoms with Crippen LogP contribution in [0.5, 0.6) is 5.75 Å². The molecule has 124 valence electrons. The Hall–Kier alpha value is -1.62. The Bertz CT molecular complexity index is 720. The summed E-state index contributed by atoms with van der Waals surface area (Å²) in [6.07, 6.45) is 0.869. The number of ether oxygens (including phenoxy) is 1. The summed E-state index contributed by atoms with van der Waals surface area (Å²) in [6.45, 7) is 10.2. The molecule has 2 aromatic rings. The van der Waals surface area contributed by atoms with Crippen LogP contribution < -0.4 is 4.74 Å². The standard InChI is InChI=1S/C18H23BrN2O2/c1-6-15-12(4)20-21(13(15)5)18(22)10-23-17-8-7-14(11(2)3)9-16(17)19/h7-9,11H,6,10H2,1-5H3. The quantitative estimate of drug-likeness (QED) is 0.759. The molecule has 23 heavy (non-hydrogen) atoms. The highest BCUT2D eigenvalue weighted by Crippen LogP contribution is 2.29. The highest BCUT2D eigenvalue weighted by molar-refractivity contribution is 9.10. The van der Waals surface area contributed by atoms with Crippen molar-refractivity contribution in [2.24, 2.45) is 0 Å². The number of carbonyl (C=O) groups is 1. The highest BCUT2D eigenvalue weighted by atomic mass is 79.9. The Labute approximate surface area is 146 Å². The summed E-state index contributed by atoms with van der Waals surface area (Å²) in [5.41, 5.74) is 4.15. The van der Waals surface area contributed by atoms with Crippen LogP contribution in [0.25, 0.3) is 0 Å². The van der Waals surface area contributed by atoms with E-state index in [2.05, 4.69) is 41.8 Å². The van der Waals surface area contributed by atoms with Gasteiger partial charge >= 0.3 is 0 Å². The first kappa shape index (κ1) is 17.7. The van der Waals surface area contributed by atoms with Gasteiger partial charge in [-0.25, -0.2) is 4.68 Å². The fourth-order valence-corrected chi connectivity index (χ4v) is 3.13. The van der Waals surface area contributed by atoms with Crippen LogP contribution in [0.2, 0.25) is 0 Å². The maximum absolute atomic E-state index is 12.4. The van der Waals surface area contributed by atoms with Crippen LogP contribution in [-0.2, 0) is 6.42 Å². The van der Waals surface area contributed by atoms with Crippen molar-refractivity contribution < 1.29 is 9.53 Å². The maximum Gasteiger partial charge on any atom is 0.284 e. The van der Waals surface area contributed by atoms with Crippen molar-refractivity contribution in [3.05, 3.63) is 45.2 Å². The van der Waals surface area contributed by atoms with E-state index in [1.807, 2.05) is 32.0 Å². The number of halogens is 1. The number of rotatable bonds is 5. The molecule has 1 aromatic carbocycles. The SMILES string of the molecule is CCc1c(C)nn(C(=O)COc2ccc(C(C)C)cc2Br)c1C. The zero-order valence-electron chi connectivity index (χ0n) is 14.3. The third kappa shape index (κ3) is 3.83. The second-order valence-corrected chi connectivity index (χ2v) is 6.80. The summed E-state index contributed by atoms with van der Waals surface area (Å²) in [4.78, 5) is 12.4. The lowest BCUT2D eigenvalue weighted by atomic mass is 10.0. The van der Waals surface area contributed by atoms with E-state index in [1.54, 1.807) is 0 Å². The summed E-state index contributed by atoms with van der Waals surface area (Å²) < 4.78 is 7.98. The summed E-state index contributed by atoms with van der Waals surface area (Å²) in [6, 6.07) is 5.95. The van der Waals surface area contributed by atoms with Gasteiger partial charge in [0, 0.05) is 5.69 Å². The Kier molecular flexibility index (Phi) is 5.63. The average Bonchev–Trinajstić information content (AvgIpc) is 2.79. The van der Waals surface area contributed by atoms with Crippen molar-refractivity contribution in [1.82, 2.24) is 9.78 Å². The Morgan fingerprint density at radius 3 is 2.57 bits per heavy atom. The van der Waals surface area contributed by atoms with E-state index in [0.29, 0.717) is 11.7 Å². The van der Waals surface area contributed by atoms with Gasteiger partial charge in [-0.3, -0.25) is 4.79 Å². The molecular formula is C18H23BrN2O2. The molecule has 0 spiro atoms.